The zero-order chi connectivity index (χ0) is 19.2. The van der Waals surface area contributed by atoms with Crippen LogP contribution in [0.5, 0.6) is 5.75 Å². The second-order valence-electron chi connectivity index (χ2n) is 6.20. The molecule has 2 aromatic carbocycles. The Bertz CT molecular complexity index is 922. The number of carbonyl (C=O) groups excluding carboxylic acids is 1. The van der Waals surface area contributed by atoms with E-state index in [1.165, 1.54) is 17.3 Å². The molecule has 1 heterocycles. The van der Waals surface area contributed by atoms with Gasteiger partial charge < -0.3 is 14.5 Å². The number of rotatable bonds is 7. The second-order valence-corrected chi connectivity index (χ2v) is 7.13. The van der Waals surface area contributed by atoms with E-state index in [0.717, 1.165) is 22.6 Å². The second kappa shape index (κ2) is 8.73. The van der Waals surface area contributed by atoms with Crippen LogP contribution in [-0.2, 0) is 11.4 Å². The lowest BCUT2D eigenvalue weighted by atomic mass is 10.1. The predicted molar refractivity (Wildman–Crippen MR) is 105 cm³/mol. The molecule has 0 atom stereocenters. The van der Waals surface area contributed by atoms with Crippen molar-refractivity contribution in [1.29, 1.82) is 0 Å². The van der Waals surface area contributed by atoms with Crippen molar-refractivity contribution >= 4 is 23.4 Å². The van der Waals surface area contributed by atoms with Crippen LogP contribution in [0.2, 0.25) is 0 Å². The molecule has 0 aliphatic heterocycles. The number of benzene rings is 2. The summed E-state index contributed by atoms with van der Waals surface area (Å²) in [5, 5.41) is 11.1. The van der Waals surface area contributed by atoms with Crippen LogP contribution in [0.25, 0.3) is 0 Å². The van der Waals surface area contributed by atoms with Crippen molar-refractivity contribution in [3.8, 4) is 5.75 Å². The fraction of sp³-hybridized carbons (Fsp3) is 0.250. The largest absolute Gasteiger partial charge is 0.484 e. The minimum Gasteiger partial charge on any atom is -0.484 e. The number of ether oxygens (including phenoxy) is 1. The van der Waals surface area contributed by atoms with Gasteiger partial charge in [0.1, 0.15) is 5.75 Å². The third kappa shape index (κ3) is 5.59. The van der Waals surface area contributed by atoms with E-state index in [0.29, 0.717) is 11.1 Å². The first kappa shape index (κ1) is 19.0. The molecule has 1 aromatic heterocycles. The monoisotopic (exact) mass is 383 g/mol. The molecule has 0 bridgehead atoms. The lowest BCUT2D eigenvalue weighted by molar-refractivity contribution is -0.113. The summed E-state index contributed by atoms with van der Waals surface area (Å²) in [6, 6.07) is 13.5. The zero-order valence-corrected chi connectivity index (χ0v) is 16.3. The Balaban J connectivity index is 1.46. The van der Waals surface area contributed by atoms with Gasteiger partial charge in [-0.3, -0.25) is 4.79 Å². The molecule has 0 fully saturated rings. The minimum atomic E-state index is -0.130. The van der Waals surface area contributed by atoms with Crippen LogP contribution in [0.1, 0.15) is 22.6 Å². The van der Waals surface area contributed by atoms with Gasteiger partial charge in [0.15, 0.2) is 6.61 Å². The fourth-order valence-corrected chi connectivity index (χ4v) is 2.85. The van der Waals surface area contributed by atoms with E-state index in [1.54, 1.807) is 0 Å². The third-order valence-corrected chi connectivity index (χ3v) is 4.77. The maximum absolute atomic E-state index is 12.0. The van der Waals surface area contributed by atoms with Crippen LogP contribution in [0.4, 0.5) is 5.69 Å². The Hall–Kier alpha value is -2.80. The molecule has 0 aliphatic carbocycles. The quantitative estimate of drug-likeness (QED) is 0.613. The molecule has 3 aromatic rings. The van der Waals surface area contributed by atoms with E-state index in [9.17, 15) is 4.79 Å². The highest BCUT2D eigenvalue weighted by Crippen LogP contribution is 2.20. The van der Waals surface area contributed by atoms with Gasteiger partial charge in [-0.1, -0.05) is 35.5 Å². The van der Waals surface area contributed by atoms with Crippen molar-refractivity contribution in [2.45, 2.75) is 32.6 Å². The van der Waals surface area contributed by atoms with Gasteiger partial charge in [0.2, 0.25) is 5.91 Å². The van der Waals surface area contributed by atoms with E-state index in [-0.39, 0.29) is 18.3 Å². The highest BCUT2D eigenvalue weighted by Gasteiger charge is 2.11. The van der Waals surface area contributed by atoms with Gasteiger partial charge in [-0.2, -0.15) is 0 Å². The summed E-state index contributed by atoms with van der Waals surface area (Å²) in [5.41, 5.74) is 4.28. The highest BCUT2D eigenvalue weighted by atomic mass is 32.2. The fourth-order valence-electron chi connectivity index (χ4n) is 2.26. The lowest BCUT2D eigenvalue weighted by Gasteiger charge is -2.06. The normalized spacial score (nSPS) is 10.6. The van der Waals surface area contributed by atoms with E-state index in [2.05, 4.69) is 22.4 Å². The van der Waals surface area contributed by atoms with Gasteiger partial charge in [-0.05, 0) is 56.2 Å². The molecule has 7 heteroatoms. The molecule has 3 rings (SSSR count). The Labute approximate surface area is 162 Å². The SMILES string of the molecule is Cc1ccc(NC(=O)CSc2nnc(COc3ccc(C)c(C)c3)o2)cc1. The minimum absolute atomic E-state index is 0.130. The number of nitrogens with one attached hydrogen (secondary N) is 1. The molecular formula is C20H21N3O3S. The Morgan fingerprint density at radius 1 is 1.07 bits per heavy atom. The van der Waals surface area contributed by atoms with Crippen molar-refractivity contribution in [3.63, 3.8) is 0 Å². The number of hydrogen-bond donors (Lipinski definition) is 1. The number of aryl methyl sites for hydroxylation is 3. The molecule has 27 heavy (non-hydrogen) atoms. The van der Waals surface area contributed by atoms with Crippen molar-refractivity contribution in [1.82, 2.24) is 10.2 Å². The third-order valence-electron chi connectivity index (χ3n) is 3.95. The van der Waals surface area contributed by atoms with Gasteiger partial charge in [0.25, 0.3) is 11.1 Å². The van der Waals surface area contributed by atoms with Crippen molar-refractivity contribution in [3.05, 3.63) is 65.0 Å². The van der Waals surface area contributed by atoms with E-state index < -0.39 is 0 Å². The summed E-state index contributed by atoms with van der Waals surface area (Å²) in [6.07, 6.45) is 0. The molecule has 1 N–H and O–H groups in total. The maximum atomic E-state index is 12.0. The molecule has 0 aliphatic rings. The highest BCUT2D eigenvalue weighted by molar-refractivity contribution is 7.99. The van der Waals surface area contributed by atoms with Crippen LogP contribution < -0.4 is 10.1 Å². The molecule has 0 spiro atoms. The summed E-state index contributed by atoms with van der Waals surface area (Å²) < 4.78 is 11.2. The van der Waals surface area contributed by atoms with Crippen molar-refractivity contribution < 1.29 is 13.9 Å². The first-order chi connectivity index (χ1) is 13.0. The first-order valence-electron chi connectivity index (χ1n) is 8.51. The summed E-state index contributed by atoms with van der Waals surface area (Å²) >= 11 is 1.19. The lowest BCUT2D eigenvalue weighted by Crippen LogP contribution is -2.13. The van der Waals surface area contributed by atoms with Crippen molar-refractivity contribution in [2.24, 2.45) is 0 Å². The Morgan fingerprint density at radius 3 is 2.59 bits per heavy atom. The van der Waals surface area contributed by atoms with E-state index in [4.69, 9.17) is 9.15 Å². The predicted octanol–water partition coefficient (Wildman–Crippen LogP) is 4.30. The molecule has 0 radical (unpaired) electrons. The molecule has 0 saturated carbocycles. The van der Waals surface area contributed by atoms with Gasteiger partial charge in [0.05, 0.1) is 5.75 Å². The number of thioether (sulfide) groups is 1. The first-order valence-corrected chi connectivity index (χ1v) is 9.50. The molecule has 0 unspecified atom stereocenters. The number of aromatic nitrogens is 2. The van der Waals surface area contributed by atoms with Gasteiger partial charge in [-0.15, -0.1) is 10.2 Å². The van der Waals surface area contributed by atoms with E-state index in [1.807, 2.05) is 56.3 Å². The Kier molecular flexibility index (Phi) is 6.13. The van der Waals surface area contributed by atoms with Crippen molar-refractivity contribution in [2.75, 3.05) is 11.1 Å². The smallest absolute Gasteiger partial charge is 0.277 e. The van der Waals surface area contributed by atoms with E-state index >= 15 is 0 Å². The molecule has 6 nitrogen and oxygen atoms in total. The standard InChI is InChI=1S/C20H21N3O3S/c1-13-4-7-16(8-5-13)21-18(24)12-27-20-23-22-19(26-20)11-25-17-9-6-14(2)15(3)10-17/h4-10H,11-12H2,1-3H3,(H,21,24). The zero-order valence-electron chi connectivity index (χ0n) is 15.5. The van der Waals surface area contributed by atoms with Gasteiger partial charge >= 0.3 is 0 Å². The van der Waals surface area contributed by atoms with Gasteiger partial charge in [-0.25, -0.2) is 0 Å². The number of nitrogens with zero attached hydrogens (tertiary/aromatic N) is 2. The number of anilines is 1. The van der Waals surface area contributed by atoms with Crippen LogP contribution in [-0.4, -0.2) is 21.9 Å². The number of amides is 1. The molecule has 1 amide bonds. The summed E-state index contributed by atoms with van der Waals surface area (Å²) in [7, 11) is 0. The Morgan fingerprint density at radius 2 is 1.85 bits per heavy atom. The van der Waals surface area contributed by atoms with Gasteiger partial charge in [0, 0.05) is 5.69 Å². The van der Waals surface area contributed by atoms with Crippen LogP contribution in [0, 0.1) is 20.8 Å². The molecular weight excluding hydrogens is 362 g/mol. The average molecular weight is 383 g/mol. The van der Waals surface area contributed by atoms with Crippen LogP contribution in [0.15, 0.2) is 52.1 Å². The number of hydrogen-bond acceptors (Lipinski definition) is 6. The molecule has 0 saturated heterocycles. The average Bonchev–Trinajstić information content (AvgIpc) is 3.11. The summed E-state index contributed by atoms with van der Waals surface area (Å²) in [5.74, 6) is 1.18. The summed E-state index contributed by atoms with van der Waals surface area (Å²) in [4.78, 5) is 12.0. The number of carbonyl (C=O) groups is 1. The summed E-state index contributed by atoms with van der Waals surface area (Å²) in [6.45, 7) is 6.27. The molecule has 140 valence electrons. The maximum Gasteiger partial charge on any atom is 0.277 e. The van der Waals surface area contributed by atoms with Crippen LogP contribution in [0.3, 0.4) is 0 Å². The topological polar surface area (TPSA) is 77.2 Å². The van der Waals surface area contributed by atoms with Crippen LogP contribution >= 0.6 is 11.8 Å².